The molecule has 0 atom stereocenters. The summed E-state index contributed by atoms with van der Waals surface area (Å²) in [6, 6.07) is 13.8. The Balaban J connectivity index is 1.82. The number of benzene rings is 2. The van der Waals surface area contributed by atoms with Crippen LogP contribution in [0.25, 0.3) is 0 Å². The van der Waals surface area contributed by atoms with Crippen molar-refractivity contribution in [1.82, 2.24) is 0 Å². The Kier molecular flexibility index (Phi) is 5.57. The summed E-state index contributed by atoms with van der Waals surface area (Å²) in [6.45, 7) is 1.34. The summed E-state index contributed by atoms with van der Waals surface area (Å²) in [7, 11) is 1.58. The van der Waals surface area contributed by atoms with Crippen LogP contribution in [0.3, 0.4) is 0 Å². The molecule has 23 heavy (non-hydrogen) atoms. The molecule has 0 bridgehead atoms. The van der Waals surface area contributed by atoms with E-state index >= 15 is 0 Å². The first-order valence-corrected chi connectivity index (χ1v) is 7.01. The van der Waals surface area contributed by atoms with E-state index in [1.165, 1.54) is 6.92 Å². The molecule has 120 valence electrons. The van der Waals surface area contributed by atoms with Crippen molar-refractivity contribution < 1.29 is 19.1 Å². The van der Waals surface area contributed by atoms with Gasteiger partial charge in [0.25, 0.3) is 5.91 Å². The van der Waals surface area contributed by atoms with Gasteiger partial charge in [-0.05, 0) is 48.5 Å². The van der Waals surface area contributed by atoms with Crippen LogP contribution in [0.5, 0.6) is 11.5 Å². The molecule has 2 aromatic rings. The molecule has 0 saturated heterocycles. The van der Waals surface area contributed by atoms with Gasteiger partial charge in [-0.2, -0.15) is 0 Å². The van der Waals surface area contributed by atoms with Gasteiger partial charge in [0.05, 0.1) is 7.11 Å². The number of rotatable bonds is 6. The maximum absolute atomic E-state index is 11.8. The smallest absolute Gasteiger partial charge is 0.262 e. The molecule has 2 aromatic carbocycles. The number of amides is 2. The van der Waals surface area contributed by atoms with Crippen molar-refractivity contribution in [2.45, 2.75) is 6.92 Å². The van der Waals surface area contributed by atoms with Gasteiger partial charge in [0.15, 0.2) is 6.61 Å². The third kappa shape index (κ3) is 5.35. The zero-order valence-electron chi connectivity index (χ0n) is 13.0. The average Bonchev–Trinajstić information content (AvgIpc) is 2.55. The van der Waals surface area contributed by atoms with Gasteiger partial charge in [-0.1, -0.05) is 0 Å². The third-order valence-corrected chi connectivity index (χ3v) is 2.92. The quantitative estimate of drug-likeness (QED) is 0.859. The lowest BCUT2D eigenvalue weighted by atomic mass is 10.2. The van der Waals surface area contributed by atoms with Crippen molar-refractivity contribution in [2.24, 2.45) is 0 Å². The van der Waals surface area contributed by atoms with Crippen molar-refractivity contribution in [3.8, 4) is 11.5 Å². The van der Waals surface area contributed by atoms with Gasteiger partial charge >= 0.3 is 0 Å². The molecule has 0 aliphatic carbocycles. The fraction of sp³-hybridized carbons (Fsp3) is 0.176. The standard InChI is InChI=1S/C17H18N2O4/c1-12(20)18-13-3-5-14(6-4-13)19-17(21)11-23-16-9-7-15(22-2)8-10-16/h3-10H,11H2,1-2H3,(H,18,20)(H,19,21). The van der Waals surface area contributed by atoms with Crippen LogP contribution >= 0.6 is 0 Å². The lowest BCUT2D eigenvalue weighted by Gasteiger charge is -2.09. The highest BCUT2D eigenvalue weighted by Gasteiger charge is 2.04. The first-order valence-electron chi connectivity index (χ1n) is 7.01. The van der Waals surface area contributed by atoms with Crippen molar-refractivity contribution in [3.05, 3.63) is 48.5 Å². The molecule has 0 unspecified atom stereocenters. The number of hydrogen-bond donors (Lipinski definition) is 2. The highest BCUT2D eigenvalue weighted by molar-refractivity contribution is 5.93. The second kappa shape index (κ2) is 7.84. The van der Waals surface area contributed by atoms with E-state index in [2.05, 4.69) is 10.6 Å². The number of carbonyl (C=O) groups excluding carboxylic acids is 2. The van der Waals surface area contributed by atoms with E-state index in [-0.39, 0.29) is 18.4 Å². The molecule has 0 spiro atoms. The molecule has 0 heterocycles. The van der Waals surface area contributed by atoms with Crippen LogP contribution < -0.4 is 20.1 Å². The Morgan fingerprint density at radius 3 is 1.91 bits per heavy atom. The van der Waals surface area contributed by atoms with Crippen molar-refractivity contribution in [3.63, 3.8) is 0 Å². The van der Waals surface area contributed by atoms with Gasteiger partial charge < -0.3 is 20.1 Å². The molecule has 0 radical (unpaired) electrons. The van der Waals surface area contributed by atoms with Crippen LogP contribution in [0, 0.1) is 0 Å². The maximum atomic E-state index is 11.8. The minimum absolute atomic E-state index is 0.0974. The van der Waals surface area contributed by atoms with E-state index in [9.17, 15) is 9.59 Å². The third-order valence-electron chi connectivity index (χ3n) is 2.92. The van der Waals surface area contributed by atoms with Crippen molar-refractivity contribution >= 4 is 23.2 Å². The molecule has 2 N–H and O–H groups in total. The molecule has 6 heteroatoms. The Labute approximate surface area is 134 Å². The van der Waals surface area contributed by atoms with Gasteiger partial charge in [0, 0.05) is 18.3 Å². The summed E-state index contributed by atoms with van der Waals surface area (Å²) in [5.41, 5.74) is 1.30. The van der Waals surface area contributed by atoms with Crippen LogP contribution in [0.4, 0.5) is 11.4 Å². The predicted octanol–water partition coefficient (Wildman–Crippen LogP) is 2.67. The normalized spacial score (nSPS) is 9.83. The van der Waals surface area contributed by atoms with E-state index in [4.69, 9.17) is 9.47 Å². The van der Waals surface area contributed by atoms with Crippen LogP contribution in [0.2, 0.25) is 0 Å². The molecular formula is C17H18N2O4. The Hall–Kier alpha value is -3.02. The van der Waals surface area contributed by atoms with Gasteiger partial charge in [-0.25, -0.2) is 0 Å². The number of hydrogen-bond acceptors (Lipinski definition) is 4. The molecule has 0 saturated carbocycles. The predicted molar refractivity (Wildman–Crippen MR) is 87.9 cm³/mol. The Bertz CT molecular complexity index is 666. The summed E-state index contributed by atoms with van der Waals surface area (Å²) >= 11 is 0. The van der Waals surface area contributed by atoms with Crippen LogP contribution in [-0.2, 0) is 9.59 Å². The number of methoxy groups -OCH3 is 1. The first kappa shape index (κ1) is 16.4. The van der Waals surface area contributed by atoms with Crippen molar-refractivity contribution in [2.75, 3.05) is 24.4 Å². The van der Waals surface area contributed by atoms with Gasteiger partial charge in [0.2, 0.25) is 5.91 Å². The van der Waals surface area contributed by atoms with Crippen LogP contribution in [0.15, 0.2) is 48.5 Å². The van der Waals surface area contributed by atoms with E-state index in [0.717, 1.165) is 5.75 Å². The molecule has 0 fully saturated rings. The summed E-state index contributed by atoms with van der Waals surface area (Å²) in [5, 5.41) is 5.37. The number of anilines is 2. The number of carbonyl (C=O) groups is 2. The van der Waals surface area contributed by atoms with E-state index in [1.54, 1.807) is 55.6 Å². The number of ether oxygens (including phenoxy) is 2. The molecule has 0 aliphatic rings. The first-order chi connectivity index (χ1) is 11.1. The van der Waals surface area contributed by atoms with E-state index < -0.39 is 0 Å². The monoisotopic (exact) mass is 314 g/mol. The largest absolute Gasteiger partial charge is 0.497 e. The van der Waals surface area contributed by atoms with Crippen LogP contribution in [-0.4, -0.2) is 25.5 Å². The topological polar surface area (TPSA) is 76.7 Å². The minimum Gasteiger partial charge on any atom is -0.497 e. The number of nitrogens with one attached hydrogen (secondary N) is 2. The summed E-state index contributed by atoms with van der Waals surface area (Å²) in [5.74, 6) is 0.894. The van der Waals surface area contributed by atoms with Crippen LogP contribution in [0.1, 0.15) is 6.92 Å². The van der Waals surface area contributed by atoms with E-state index in [0.29, 0.717) is 17.1 Å². The molecule has 2 amide bonds. The Morgan fingerprint density at radius 2 is 1.39 bits per heavy atom. The molecule has 0 aliphatic heterocycles. The lowest BCUT2D eigenvalue weighted by molar-refractivity contribution is -0.118. The highest BCUT2D eigenvalue weighted by atomic mass is 16.5. The molecule has 2 rings (SSSR count). The van der Waals surface area contributed by atoms with Gasteiger partial charge in [-0.3, -0.25) is 9.59 Å². The van der Waals surface area contributed by atoms with Crippen molar-refractivity contribution in [1.29, 1.82) is 0 Å². The molecule has 6 nitrogen and oxygen atoms in total. The second-order valence-electron chi connectivity index (χ2n) is 4.77. The minimum atomic E-state index is -0.270. The van der Waals surface area contributed by atoms with Gasteiger partial charge in [-0.15, -0.1) is 0 Å². The van der Waals surface area contributed by atoms with E-state index in [1.807, 2.05) is 0 Å². The lowest BCUT2D eigenvalue weighted by Crippen LogP contribution is -2.20. The molecular weight excluding hydrogens is 296 g/mol. The fourth-order valence-corrected chi connectivity index (χ4v) is 1.86. The SMILES string of the molecule is COc1ccc(OCC(=O)Nc2ccc(NC(C)=O)cc2)cc1. The summed E-state index contributed by atoms with van der Waals surface area (Å²) in [6.07, 6.45) is 0. The average molecular weight is 314 g/mol. The highest BCUT2D eigenvalue weighted by Crippen LogP contribution is 2.17. The fourth-order valence-electron chi connectivity index (χ4n) is 1.86. The Morgan fingerprint density at radius 1 is 0.870 bits per heavy atom. The zero-order valence-corrected chi connectivity index (χ0v) is 13.0. The summed E-state index contributed by atoms with van der Waals surface area (Å²) in [4.78, 5) is 22.8. The van der Waals surface area contributed by atoms with Gasteiger partial charge in [0.1, 0.15) is 11.5 Å². The summed E-state index contributed by atoms with van der Waals surface area (Å²) < 4.78 is 10.4. The molecule has 0 aromatic heterocycles. The second-order valence-corrected chi connectivity index (χ2v) is 4.77. The zero-order chi connectivity index (χ0) is 16.7. The maximum Gasteiger partial charge on any atom is 0.262 e.